The van der Waals surface area contributed by atoms with Crippen LogP contribution < -0.4 is 5.73 Å². The lowest BCUT2D eigenvalue weighted by atomic mass is 9.89. The summed E-state index contributed by atoms with van der Waals surface area (Å²) >= 11 is 1.68. The van der Waals surface area contributed by atoms with Gasteiger partial charge in [0.15, 0.2) is 5.13 Å². The predicted octanol–water partition coefficient (Wildman–Crippen LogP) is 2.24. The minimum Gasteiger partial charge on any atom is -0.375 e. The van der Waals surface area contributed by atoms with Crippen LogP contribution >= 0.6 is 11.3 Å². The molecule has 2 nitrogen and oxygen atoms in total. The lowest BCUT2D eigenvalue weighted by Crippen LogP contribution is -2.11. The van der Waals surface area contributed by atoms with Gasteiger partial charge in [0.05, 0.1) is 5.69 Å². The van der Waals surface area contributed by atoms with E-state index >= 15 is 0 Å². The van der Waals surface area contributed by atoms with Gasteiger partial charge in [-0.05, 0) is 25.2 Å². The molecule has 2 N–H and O–H groups in total. The SMILES string of the molecule is CC[C@H]1CCc2nc(N)sc2C1. The van der Waals surface area contributed by atoms with Gasteiger partial charge in [-0.3, -0.25) is 0 Å². The third-order valence-electron chi connectivity index (χ3n) is 2.64. The number of fused-ring (bicyclic) bond motifs is 1. The minimum atomic E-state index is 0.747. The Kier molecular flexibility index (Phi) is 2.05. The van der Waals surface area contributed by atoms with Crippen molar-refractivity contribution in [1.29, 1.82) is 0 Å². The second kappa shape index (κ2) is 3.05. The zero-order valence-electron chi connectivity index (χ0n) is 7.34. The van der Waals surface area contributed by atoms with Crippen LogP contribution in [0.25, 0.3) is 0 Å². The molecule has 0 saturated carbocycles. The zero-order valence-corrected chi connectivity index (χ0v) is 8.16. The average Bonchev–Trinajstić information content (AvgIpc) is 2.43. The van der Waals surface area contributed by atoms with Crippen LogP contribution in [0.2, 0.25) is 0 Å². The molecule has 0 bridgehead atoms. The van der Waals surface area contributed by atoms with Gasteiger partial charge in [-0.25, -0.2) is 4.98 Å². The normalized spacial score (nSPS) is 22.2. The number of aryl methyl sites for hydroxylation is 1. The monoisotopic (exact) mass is 182 g/mol. The molecular weight excluding hydrogens is 168 g/mol. The van der Waals surface area contributed by atoms with E-state index < -0.39 is 0 Å². The fourth-order valence-corrected chi connectivity index (χ4v) is 2.80. The molecule has 0 radical (unpaired) electrons. The second-order valence-electron chi connectivity index (χ2n) is 3.44. The van der Waals surface area contributed by atoms with Gasteiger partial charge in [-0.15, -0.1) is 11.3 Å². The molecule has 1 heterocycles. The van der Waals surface area contributed by atoms with E-state index in [2.05, 4.69) is 11.9 Å². The molecule has 0 aromatic carbocycles. The van der Waals surface area contributed by atoms with Crippen LogP contribution in [-0.2, 0) is 12.8 Å². The quantitative estimate of drug-likeness (QED) is 0.723. The Morgan fingerprint density at radius 1 is 1.67 bits per heavy atom. The molecule has 0 aliphatic heterocycles. The molecule has 1 aliphatic carbocycles. The molecule has 66 valence electrons. The van der Waals surface area contributed by atoms with E-state index in [9.17, 15) is 0 Å². The number of anilines is 1. The number of nitrogens with zero attached hydrogens (tertiary/aromatic N) is 1. The van der Waals surface area contributed by atoms with Gasteiger partial charge in [0, 0.05) is 4.88 Å². The summed E-state index contributed by atoms with van der Waals surface area (Å²) in [5.74, 6) is 0.873. The summed E-state index contributed by atoms with van der Waals surface area (Å²) in [5.41, 5.74) is 6.92. The van der Waals surface area contributed by atoms with Crippen molar-refractivity contribution < 1.29 is 0 Å². The Balaban J connectivity index is 2.22. The van der Waals surface area contributed by atoms with Crippen LogP contribution in [-0.4, -0.2) is 4.98 Å². The van der Waals surface area contributed by atoms with Crippen LogP contribution in [0.15, 0.2) is 0 Å². The van der Waals surface area contributed by atoms with Gasteiger partial charge in [0.2, 0.25) is 0 Å². The van der Waals surface area contributed by atoms with Gasteiger partial charge >= 0.3 is 0 Å². The topological polar surface area (TPSA) is 38.9 Å². The van der Waals surface area contributed by atoms with Gasteiger partial charge < -0.3 is 5.73 Å². The van der Waals surface area contributed by atoms with Gasteiger partial charge in [0.1, 0.15) is 0 Å². The third kappa shape index (κ3) is 1.33. The molecule has 0 amide bonds. The van der Waals surface area contributed by atoms with E-state index in [1.807, 2.05) is 0 Å². The summed E-state index contributed by atoms with van der Waals surface area (Å²) in [6, 6.07) is 0. The summed E-state index contributed by atoms with van der Waals surface area (Å²) in [6.45, 7) is 2.26. The van der Waals surface area contributed by atoms with Crippen LogP contribution in [0.3, 0.4) is 0 Å². The second-order valence-corrected chi connectivity index (χ2v) is 4.55. The largest absolute Gasteiger partial charge is 0.375 e. The third-order valence-corrected chi connectivity index (χ3v) is 3.58. The minimum absolute atomic E-state index is 0.747. The first kappa shape index (κ1) is 8.05. The van der Waals surface area contributed by atoms with Crippen molar-refractivity contribution in [3.63, 3.8) is 0 Å². The molecular formula is C9H14N2S. The smallest absolute Gasteiger partial charge is 0.180 e. The fourth-order valence-electron chi connectivity index (χ4n) is 1.81. The molecule has 3 heteroatoms. The molecule has 1 aromatic rings. The first-order chi connectivity index (χ1) is 5.79. The van der Waals surface area contributed by atoms with Crippen LogP contribution in [0, 0.1) is 5.92 Å². The molecule has 2 rings (SSSR count). The Morgan fingerprint density at radius 3 is 3.25 bits per heavy atom. The van der Waals surface area contributed by atoms with E-state index in [1.165, 1.54) is 29.8 Å². The zero-order chi connectivity index (χ0) is 8.55. The van der Waals surface area contributed by atoms with E-state index in [-0.39, 0.29) is 0 Å². The standard InChI is InChI=1S/C9H14N2S/c1-2-6-3-4-7-8(5-6)12-9(10)11-7/h6H,2-5H2,1H3,(H2,10,11)/t6-/m0/s1. The number of aromatic nitrogens is 1. The Hall–Kier alpha value is -0.570. The van der Waals surface area contributed by atoms with Gasteiger partial charge in [-0.2, -0.15) is 0 Å². The Labute approximate surface area is 76.8 Å². The lowest BCUT2D eigenvalue weighted by Gasteiger charge is -2.18. The summed E-state index contributed by atoms with van der Waals surface area (Å²) < 4.78 is 0. The molecule has 12 heavy (non-hydrogen) atoms. The number of rotatable bonds is 1. The van der Waals surface area contributed by atoms with Crippen molar-refractivity contribution in [3.05, 3.63) is 10.6 Å². The highest BCUT2D eigenvalue weighted by atomic mass is 32.1. The van der Waals surface area contributed by atoms with Gasteiger partial charge in [0.25, 0.3) is 0 Å². The van der Waals surface area contributed by atoms with Crippen molar-refractivity contribution in [2.24, 2.45) is 5.92 Å². The molecule has 0 fully saturated rings. The number of nitrogens with two attached hydrogens (primary N) is 1. The number of hydrogen-bond acceptors (Lipinski definition) is 3. The molecule has 1 atom stereocenters. The van der Waals surface area contributed by atoms with Crippen molar-refractivity contribution >= 4 is 16.5 Å². The molecule has 1 aromatic heterocycles. The predicted molar refractivity (Wildman–Crippen MR) is 52.3 cm³/mol. The molecule has 0 spiro atoms. The first-order valence-electron chi connectivity index (χ1n) is 4.53. The van der Waals surface area contributed by atoms with Crippen molar-refractivity contribution in [1.82, 2.24) is 4.98 Å². The average molecular weight is 182 g/mol. The van der Waals surface area contributed by atoms with Crippen molar-refractivity contribution in [3.8, 4) is 0 Å². The van der Waals surface area contributed by atoms with Crippen LogP contribution in [0.1, 0.15) is 30.3 Å². The number of nitrogen functional groups attached to an aromatic ring is 1. The van der Waals surface area contributed by atoms with Crippen LogP contribution in [0.4, 0.5) is 5.13 Å². The van der Waals surface area contributed by atoms with E-state index in [4.69, 9.17) is 5.73 Å². The summed E-state index contributed by atoms with van der Waals surface area (Å²) in [6.07, 6.45) is 4.94. The Morgan fingerprint density at radius 2 is 2.50 bits per heavy atom. The summed E-state index contributed by atoms with van der Waals surface area (Å²) in [4.78, 5) is 5.75. The first-order valence-corrected chi connectivity index (χ1v) is 5.35. The molecule has 1 aliphatic rings. The molecule has 0 saturated heterocycles. The van der Waals surface area contributed by atoms with E-state index in [0.717, 1.165) is 17.5 Å². The number of hydrogen-bond donors (Lipinski definition) is 1. The highest BCUT2D eigenvalue weighted by molar-refractivity contribution is 7.15. The summed E-state index contributed by atoms with van der Waals surface area (Å²) in [7, 11) is 0. The lowest BCUT2D eigenvalue weighted by molar-refractivity contribution is 0.446. The van der Waals surface area contributed by atoms with Gasteiger partial charge in [-0.1, -0.05) is 13.3 Å². The maximum absolute atomic E-state index is 5.65. The van der Waals surface area contributed by atoms with E-state index in [0.29, 0.717) is 0 Å². The molecule has 0 unspecified atom stereocenters. The van der Waals surface area contributed by atoms with Crippen molar-refractivity contribution in [2.45, 2.75) is 32.6 Å². The van der Waals surface area contributed by atoms with E-state index in [1.54, 1.807) is 11.3 Å². The maximum Gasteiger partial charge on any atom is 0.180 e. The van der Waals surface area contributed by atoms with Crippen LogP contribution in [0.5, 0.6) is 0 Å². The Bertz CT molecular complexity index is 280. The fraction of sp³-hybridized carbons (Fsp3) is 0.667. The number of thiazole rings is 1. The highest BCUT2D eigenvalue weighted by Gasteiger charge is 2.20. The summed E-state index contributed by atoms with van der Waals surface area (Å²) in [5, 5.41) is 0.747. The highest BCUT2D eigenvalue weighted by Crippen LogP contribution is 2.31. The maximum atomic E-state index is 5.65. The van der Waals surface area contributed by atoms with Crippen molar-refractivity contribution in [2.75, 3.05) is 5.73 Å².